The number of hydrogen-bond donors (Lipinski definition) is 1. The molecule has 0 saturated carbocycles. The van der Waals surface area contributed by atoms with Crippen molar-refractivity contribution in [1.82, 2.24) is 4.98 Å². The predicted molar refractivity (Wildman–Crippen MR) is 127 cm³/mol. The van der Waals surface area contributed by atoms with E-state index in [0.29, 0.717) is 4.87 Å². The van der Waals surface area contributed by atoms with Gasteiger partial charge in [-0.15, -0.1) is 11.8 Å². The Morgan fingerprint density at radius 2 is 1.29 bits per heavy atom. The SMILES string of the molecule is C[Si](C)(C)C(Sc1ccccc1)c1c(Sc2ccccc2)[nH]c2ccccc12. The largest absolute Gasteiger partial charge is 0.349 e. The third-order valence-corrected chi connectivity index (χ3v) is 11.1. The quantitative estimate of drug-likeness (QED) is 0.251. The molecule has 142 valence electrons. The molecule has 4 aromatic rings. The van der Waals surface area contributed by atoms with Crippen LogP contribution in [0.4, 0.5) is 0 Å². The fourth-order valence-corrected chi connectivity index (χ4v) is 8.53. The van der Waals surface area contributed by atoms with Gasteiger partial charge in [0.25, 0.3) is 0 Å². The molecule has 1 nitrogen and oxygen atoms in total. The van der Waals surface area contributed by atoms with Gasteiger partial charge in [-0.25, -0.2) is 0 Å². The summed E-state index contributed by atoms with van der Waals surface area (Å²) in [6.45, 7) is 7.44. The molecule has 1 aromatic heterocycles. The summed E-state index contributed by atoms with van der Waals surface area (Å²) in [5.74, 6) is 0. The third kappa shape index (κ3) is 4.24. The molecule has 0 bridgehead atoms. The van der Waals surface area contributed by atoms with Crippen molar-refractivity contribution in [3.8, 4) is 0 Å². The van der Waals surface area contributed by atoms with Gasteiger partial charge in [-0.1, -0.05) is 86.0 Å². The summed E-state index contributed by atoms with van der Waals surface area (Å²) < 4.78 is 0. The van der Waals surface area contributed by atoms with E-state index in [1.807, 2.05) is 23.5 Å². The maximum atomic E-state index is 3.72. The summed E-state index contributed by atoms with van der Waals surface area (Å²) in [7, 11) is -1.51. The predicted octanol–water partition coefficient (Wildman–Crippen LogP) is 8.03. The average molecular weight is 420 g/mol. The molecule has 4 rings (SSSR count). The Bertz CT molecular complexity index is 1050. The van der Waals surface area contributed by atoms with Crippen molar-refractivity contribution in [2.75, 3.05) is 0 Å². The summed E-state index contributed by atoms with van der Waals surface area (Å²) in [6.07, 6.45) is 0. The molecule has 0 fully saturated rings. The number of benzene rings is 3. The van der Waals surface area contributed by atoms with Crippen molar-refractivity contribution in [3.63, 3.8) is 0 Å². The number of aromatic amines is 1. The number of fused-ring (bicyclic) bond motifs is 1. The van der Waals surface area contributed by atoms with Crippen LogP contribution in [0.2, 0.25) is 19.6 Å². The highest BCUT2D eigenvalue weighted by molar-refractivity contribution is 8.01. The second-order valence-corrected chi connectivity index (χ2v) is 16.0. The van der Waals surface area contributed by atoms with Gasteiger partial charge in [0, 0.05) is 31.1 Å². The molecule has 3 aromatic carbocycles. The molecule has 4 heteroatoms. The molecular weight excluding hydrogens is 394 g/mol. The number of para-hydroxylation sites is 1. The van der Waals surface area contributed by atoms with E-state index in [1.165, 1.54) is 31.3 Å². The molecular formula is C24H25NS2Si. The van der Waals surface area contributed by atoms with Gasteiger partial charge in [0.2, 0.25) is 0 Å². The first-order valence-electron chi connectivity index (χ1n) is 9.57. The van der Waals surface area contributed by atoms with Crippen LogP contribution in [0.5, 0.6) is 0 Å². The molecule has 0 radical (unpaired) electrons. The highest BCUT2D eigenvalue weighted by atomic mass is 32.2. The minimum Gasteiger partial charge on any atom is -0.349 e. The lowest BCUT2D eigenvalue weighted by Crippen LogP contribution is -2.29. The Morgan fingerprint density at radius 1 is 0.714 bits per heavy atom. The van der Waals surface area contributed by atoms with Gasteiger partial charge in [-0.3, -0.25) is 0 Å². The van der Waals surface area contributed by atoms with Gasteiger partial charge in [0.15, 0.2) is 0 Å². The van der Waals surface area contributed by atoms with Gasteiger partial charge in [-0.2, -0.15) is 0 Å². The number of hydrogen-bond acceptors (Lipinski definition) is 2. The average Bonchev–Trinajstić information content (AvgIpc) is 3.04. The molecule has 1 N–H and O–H groups in total. The summed E-state index contributed by atoms with van der Waals surface area (Å²) >= 11 is 3.87. The first-order chi connectivity index (χ1) is 13.5. The Labute approximate surface area is 177 Å². The lowest BCUT2D eigenvalue weighted by atomic mass is 10.2. The molecule has 1 atom stereocenters. The zero-order chi connectivity index (χ0) is 19.6. The van der Waals surface area contributed by atoms with Crippen LogP contribution < -0.4 is 0 Å². The van der Waals surface area contributed by atoms with Crippen molar-refractivity contribution in [3.05, 3.63) is 90.5 Å². The maximum Gasteiger partial charge on any atom is 0.0822 e. The van der Waals surface area contributed by atoms with Crippen LogP contribution in [0.3, 0.4) is 0 Å². The molecule has 0 amide bonds. The topological polar surface area (TPSA) is 15.8 Å². The zero-order valence-corrected chi connectivity index (χ0v) is 19.1. The van der Waals surface area contributed by atoms with Crippen molar-refractivity contribution in [2.24, 2.45) is 0 Å². The van der Waals surface area contributed by atoms with Gasteiger partial charge in [0.1, 0.15) is 0 Å². The van der Waals surface area contributed by atoms with Crippen molar-refractivity contribution in [2.45, 2.75) is 39.3 Å². The number of H-pyrrole nitrogens is 1. The fourth-order valence-electron chi connectivity index (χ4n) is 3.39. The number of rotatable bonds is 6. The van der Waals surface area contributed by atoms with E-state index in [9.17, 15) is 0 Å². The Kier molecular flexibility index (Phi) is 5.72. The lowest BCUT2D eigenvalue weighted by Gasteiger charge is -2.29. The minimum absolute atomic E-state index is 0.470. The van der Waals surface area contributed by atoms with E-state index in [1.54, 1.807) is 0 Å². The smallest absolute Gasteiger partial charge is 0.0822 e. The Hall–Kier alpha value is -1.88. The van der Waals surface area contributed by atoms with Gasteiger partial charge < -0.3 is 4.98 Å². The van der Waals surface area contributed by atoms with E-state index < -0.39 is 8.07 Å². The van der Waals surface area contributed by atoms with Crippen LogP contribution in [0.15, 0.2) is 99.7 Å². The Morgan fingerprint density at radius 3 is 1.93 bits per heavy atom. The minimum atomic E-state index is -1.51. The van der Waals surface area contributed by atoms with Gasteiger partial charge in [-0.05, 0) is 30.3 Å². The number of aromatic nitrogens is 1. The Balaban J connectivity index is 1.84. The molecule has 0 aliphatic heterocycles. The molecule has 0 spiro atoms. The summed E-state index contributed by atoms with van der Waals surface area (Å²) in [4.78, 5) is 6.81. The van der Waals surface area contributed by atoms with Crippen molar-refractivity contribution in [1.29, 1.82) is 0 Å². The van der Waals surface area contributed by atoms with Crippen LogP contribution in [0, 0.1) is 0 Å². The van der Waals surface area contributed by atoms with Crippen molar-refractivity contribution >= 4 is 42.5 Å². The molecule has 0 aliphatic rings. The van der Waals surface area contributed by atoms with Gasteiger partial charge in [0.05, 0.1) is 13.1 Å². The normalized spacial score (nSPS) is 13.0. The number of nitrogens with one attached hydrogen (secondary N) is 1. The van der Waals surface area contributed by atoms with Crippen LogP contribution in [0.25, 0.3) is 10.9 Å². The van der Waals surface area contributed by atoms with E-state index in [4.69, 9.17) is 0 Å². The standard InChI is InChI=1S/C24H25NS2Si/c1-28(2,3)24(27-19-14-8-5-9-15-19)22-20-16-10-11-17-21(20)25-23(22)26-18-12-6-4-7-13-18/h4-17,24-25H,1-3H3. The number of thioether (sulfide) groups is 1. The van der Waals surface area contributed by atoms with E-state index >= 15 is 0 Å². The molecule has 1 heterocycles. The lowest BCUT2D eigenvalue weighted by molar-refractivity contribution is 1.13. The fraction of sp³-hybridized carbons (Fsp3) is 0.167. The van der Waals surface area contributed by atoms with E-state index in [2.05, 4.69) is 110 Å². The van der Waals surface area contributed by atoms with Crippen LogP contribution in [0.1, 0.15) is 10.4 Å². The second kappa shape index (κ2) is 8.24. The highest BCUT2D eigenvalue weighted by Gasteiger charge is 2.33. The molecule has 0 aliphatic carbocycles. The van der Waals surface area contributed by atoms with E-state index in [-0.39, 0.29) is 0 Å². The van der Waals surface area contributed by atoms with Crippen LogP contribution >= 0.6 is 23.5 Å². The summed E-state index contributed by atoms with van der Waals surface area (Å²) in [5.41, 5.74) is 2.70. The summed E-state index contributed by atoms with van der Waals surface area (Å²) in [6, 6.07) is 30.3. The molecule has 28 heavy (non-hydrogen) atoms. The molecule has 0 saturated heterocycles. The van der Waals surface area contributed by atoms with Crippen molar-refractivity contribution < 1.29 is 0 Å². The third-order valence-electron chi connectivity index (χ3n) is 4.72. The second-order valence-electron chi connectivity index (χ2n) is 8.01. The first-order valence-corrected chi connectivity index (χ1v) is 14.8. The zero-order valence-electron chi connectivity index (χ0n) is 16.5. The first kappa shape index (κ1) is 19.4. The highest BCUT2D eigenvalue weighted by Crippen LogP contribution is 2.48. The monoisotopic (exact) mass is 419 g/mol. The van der Waals surface area contributed by atoms with E-state index in [0.717, 1.165) is 0 Å². The van der Waals surface area contributed by atoms with Crippen LogP contribution in [-0.4, -0.2) is 13.1 Å². The molecule has 1 unspecified atom stereocenters. The van der Waals surface area contributed by atoms with Gasteiger partial charge >= 0.3 is 0 Å². The summed E-state index contributed by atoms with van der Waals surface area (Å²) in [5, 5.41) is 2.64. The van der Waals surface area contributed by atoms with Crippen LogP contribution in [-0.2, 0) is 0 Å². The maximum absolute atomic E-state index is 3.72.